The average Bonchev–Trinajstić information content (AvgIpc) is 2.57. The van der Waals surface area contributed by atoms with Crippen molar-refractivity contribution in [1.29, 1.82) is 0 Å². The molecule has 1 aromatic heterocycles. The number of azide groups is 1. The zero-order valence-corrected chi connectivity index (χ0v) is 8.62. The van der Waals surface area contributed by atoms with Crippen molar-refractivity contribution in [3.8, 4) is 0 Å². The molecule has 0 N–H and O–H groups in total. The van der Waals surface area contributed by atoms with Crippen molar-refractivity contribution in [3.05, 3.63) is 40.5 Å². The third kappa shape index (κ3) is 1.53. The smallest absolute Gasteiger partial charge is 0.118 e. The van der Waals surface area contributed by atoms with Crippen LogP contribution in [-0.2, 0) is 7.05 Å². The van der Waals surface area contributed by atoms with Gasteiger partial charge in [0.2, 0.25) is 0 Å². The van der Waals surface area contributed by atoms with Gasteiger partial charge < -0.3 is 4.57 Å². The molecule has 1 heterocycles. The minimum absolute atomic E-state index is 0.243. The zero-order valence-electron chi connectivity index (χ0n) is 8.62. The first kappa shape index (κ1) is 9.55. The lowest BCUT2D eigenvalue weighted by Crippen LogP contribution is -1.99. The Balaban J connectivity index is 2.62. The third-order valence-electron chi connectivity index (χ3n) is 2.42. The molecule has 0 aliphatic heterocycles. The first-order valence-electron chi connectivity index (χ1n) is 4.69. The molecule has 0 amide bonds. The van der Waals surface area contributed by atoms with Crippen molar-refractivity contribution >= 4 is 11.0 Å². The second kappa shape index (κ2) is 3.63. The molecule has 0 fully saturated rings. The van der Waals surface area contributed by atoms with Gasteiger partial charge in [-0.1, -0.05) is 17.2 Å². The van der Waals surface area contributed by atoms with Crippen LogP contribution in [0.15, 0.2) is 29.4 Å². The van der Waals surface area contributed by atoms with Crippen molar-refractivity contribution in [2.75, 3.05) is 0 Å². The molecule has 2 rings (SSSR count). The molecule has 0 unspecified atom stereocenters. The van der Waals surface area contributed by atoms with Gasteiger partial charge in [0.15, 0.2) is 0 Å². The van der Waals surface area contributed by atoms with Gasteiger partial charge in [-0.25, -0.2) is 4.98 Å². The molecule has 0 bridgehead atoms. The predicted octanol–water partition coefficient (Wildman–Crippen LogP) is 2.94. The largest absolute Gasteiger partial charge is 0.331 e. The summed E-state index contributed by atoms with van der Waals surface area (Å²) < 4.78 is 1.95. The maximum absolute atomic E-state index is 8.39. The number of para-hydroxylation sites is 2. The van der Waals surface area contributed by atoms with Crippen LogP contribution >= 0.6 is 0 Å². The number of hydrogen-bond donors (Lipinski definition) is 0. The second-order valence-corrected chi connectivity index (χ2v) is 3.40. The van der Waals surface area contributed by atoms with Gasteiger partial charge in [-0.05, 0) is 24.6 Å². The quantitative estimate of drug-likeness (QED) is 0.418. The van der Waals surface area contributed by atoms with Gasteiger partial charge in [-0.2, -0.15) is 0 Å². The molecule has 1 aromatic carbocycles. The lowest BCUT2D eigenvalue weighted by molar-refractivity contribution is 0.691. The number of aromatic nitrogens is 2. The molecule has 5 heteroatoms. The van der Waals surface area contributed by atoms with Crippen LogP contribution < -0.4 is 0 Å². The van der Waals surface area contributed by atoms with Gasteiger partial charge in [0.25, 0.3) is 0 Å². The molecule has 0 radical (unpaired) electrons. The zero-order chi connectivity index (χ0) is 10.8. The summed E-state index contributed by atoms with van der Waals surface area (Å²) in [5.41, 5.74) is 10.4. The van der Waals surface area contributed by atoms with E-state index in [-0.39, 0.29) is 6.04 Å². The minimum atomic E-state index is -0.243. The number of nitrogens with zero attached hydrogens (tertiary/aromatic N) is 5. The van der Waals surface area contributed by atoms with Crippen LogP contribution in [0.3, 0.4) is 0 Å². The van der Waals surface area contributed by atoms with E-state index in [0.717, 1.165) is 16.9 Å². The molecular weight excluding hydrogens is 190 g/mol. The summed E-state index contributed by atoms with van der Waals surface area (Å²) in [5.74, 6) is 0.786. The van der Waals surface area contributed by atoms with Gasteiger partial charge in [-0.15, -0.1) is 0 Å². The topological polar surface area (TPSA) is 66.6 Å². The van der Waals surface area contributed by atoms with Crippen molar-refractivity contribution in [2.24, 2.45) is 12.2 Å². The Morgan fingerprint density at radius 2 is 2.20 bits per heavy atom. The minimum Gasteiger partial charge on any atom is -0.331 e. The first-order chi connectivity index (χ1) is 7.24. The van der Waals surface area contributed by atoms with Gasteiger partial charge in [-0.3, -0.25) is 0 Å². The molecule has 0 aliphatic carbocycles. The second-order valence-electron chi connectivity index (χ2n) is 3.40. The normalized spacial score (nSPS) is 12.4. The van der Waals surface area contributed by atoms with E-state index in [2.05, 4.69) is 15.0 Å². The lowest BCUT2D eigenvalue weighted by Gasteiger charge is -2.04. The maximum Gasteiger partial charge on any atom is 0.118 e. The Labute approximate surface area is 87.0 Å². The van der Waals surface area contributed by atoms with Crippen LogP contribution in [0.4, 0.5) is 0 Å². The highest BCUT2D eigenvalue weighted by molar-refractivity contribution is 5.75. The fourth-order valence-electron chi connectivity index (χ4n) is 1.67. The SMILES string of the molecule is C[C@H](N=[N+]=[N-])c1nc2ccccc2n1C. The Morgan fingerprint density at radius 1 is 1.47 bits per heavy atom. The molecule has 0 aliphatic rings. The van der Waals surface area contributed by atoms with E-state index < -0.39 is 0 Å². The number of imidazole rings is 1. The highest BCUT2D eigenvalue weighted by Crippen LogP contribution is 2.21. The van der Waals surface area contributed by atoms with Crippen LogP contribution in [0.5, 0.6) is 0 Å². The summed E-state index contributed by atoms with van der Waals surface area (Å²) in [5, 5.41) is 3.65. The summed E-state index contributed by atoms with van der Waals surface area (Å²) in [7, 11) is 1.92. The van der Waals surface area contributed by atoms with E-state index in [1.165, 1.54) is 0 Å². The molecule has 15 heavy (non-hydrogen) atoms. The van der Waals surface area contributed by atoms with E-state index in [1.807, 2.05) is 42.8 Å². The van der Waals surface area contributed by atoms with E-state index in [1.54, 1.807) is 0 Å². The molecule has 1 atom stereocenters. The van der Waals surface area contributed by atoms with Gasteiger partial charge in [0, 0.05) is 12.0 Å². The van der Waals surface area contributed by atoms with Crippen LogP contribution in [0.1, 0.15) is 18.8 Å². The number of benzene rings is 1. The molecule has 2 aromatic rings. The van der Waals surface area contributed by atoms with Gasteiger partial charge in [0.1, 0.15) is 5.82 Å². The van der Waals surface area contributed by atoms with E-state index >= 15 is 0 Å². The highest BCUT2D eigenvalue weighted by Gasteiger charge is 2.12. The Hall–Kier alpha value is -2.00. The van der Waals surface area contributed by atoms with Gasteiger partial charge in [0.05, 0.1) is 17.1 Å². The van der Waals surface area contributed by atoms with Crippen LogP contribution in [-0.4, -0.2) is 9.55 Å². The first-order valence-corrected chi connectivity index (χ1v) is 4.69. The Morgan fingerprint density at radius 3 is 2.87 bits per heavy atom. The Bertz CT molecular complexity index is 536. The number of aryl methyl sites for hydroxylation is 1. The van der Waals surface area contributed by atoms with E-state index in [0.29, 0.717) is 0 Å². The Kier molecular flexibility index (Phi) is 2.31. The maximum atomic E-state index is 8.39. The fraction of sp³-hybridized carbons (Fsp3) is 0.300. The van der Waals surface area contributed by atoms with Crippen LogP contribution in [0.2, 0.25) is 0 Å². The van der Waals surface area contributed by atoms with Crippen molar-refractivity contribution < 1.29 is 0 Å². The van der Waals surface area contributed by atoms with Gasteiger partial charge >= 0.3 is 0 Å². The third-order valence-corrected chi connectivity index (χ3v) is 2.42. The van der Waals surface area contributed by atoms with Crippen molar-refractivity contribution in [2.45, 2.75) is 13.0 Å². The average molecular weight is 201 g/mol. The van der Waals surface area contributed by atoms with Crippen molar-refractivity contribution in [3.63, 3.8) is 0 Å². The predicted molar refractivity (Wildman–Crippen MR) is 58.3 cm³/mol. The van der Waals surface area contributed by atoms with Crippen molar-refractivity contribution in [1.82, 2.24) is 9.55 Å². The number of fused-ring (bicyclic) bond motifs is 1. The molecule has 0 spiro atoms. The monoisotopic (exact) mass is 201 g/mol. The van der Waals surface area contributed by atoms with E-state index in [4.69, 9.17) is 5.53 Å². The summed E-state index contributed by atoms with van der Waals surface area (Å²) in [4.78, 5) is 7.22. The van der Waals surface area contributed by atoms with Crippen LogP contribution in [0, 0.1) is 0 Å². The molecule has 76 valence electrons. The molecule has 0 saturated carbocycles. The highest BCUT2D eigenvalue weighted by atomic mass is 15.2. The molecule has 5 nitrogen and oxygen atoms in total. The standard InChI is InChI=1S/C10H11N5/c1-7(13-14-11)10-12-8-5-3-4-6-9(8)15(10)2/h3-7H,1-2H3/t7-/m0/s1. The van der Waals surface area contributed by atoms with Crippen LogP contribution in [0.25, 0.3) is 21.5 Å². The lowest BCUT2D eigenvalue weighted by atomic mass is 10.3. The summed E-state index contributed by atoms with van der Waals surface area (Å²) in [6.45, 7) is 1.83. The fourth-order valence-corrected chi connectivity index (χ4v) is 1.67. The number of hydrogen-bond acceptors (Lipinski definition) is 2. The summed E-state index contributed by atoms with van der Waals surface area (Å²) in [6, 6.07) is 7.60. The summed E-state index contributed by atoms with van der Waals surface area (Å²) in [6.07, 6.45) is 0. The molecule has 0 saturated heterocycles. The summed E-state index contributed by atoms with van der Waals surface area (Å²) >= 11 is 0. The van der Waals surface area contributed by atoms with E-state index in [9.17, 15) is 0 Å². The molecular formula is C10H11N5. The number of rotatable bonds is 2.